The average Bonchev–Trinajstić information content (AvgIpc) is 3.03. The van der Waals surface area contributed by atoms with Crippen LogP contribution in [0.15, 0.2) is 53.8 Å². The lowest BCUT2D eigenvalue weighted by Gasteiger charge is -2.20. The number of carbonyl (C=O) groups is 1. The number of ether oxygens (including phenoxy) is 2. The van der Waals surface area contributed by atoms with Crippen molar-refractivity contribution in [2.45, 2.75) is 84.8 Å². The highest BCUT2D eigenvalue weighted by molar-refractivity contribution is 5.90. The van der Waals surface area contributed by atoms with Crippen LogP contribution < -0.4 is 0 Å². The monoisotopic (exact) mass is 384 g/mol. The van der Waals surface area contributed by atoms with E-state index >= 15 is 0 Å². The van der Waals surface area contributed by atoms with Crippen molar-refractivity contribution in [1.29, 1.82) is 0 Å². The molecule has 2 rings (SSSR count). The minimum Gasteiger partial charge on any atom is -0.425 e. The van der Waals surface area contributed by atoms with E-state index in [1.165, 1.54) is 18.4 Å². The van der Waals surface area contributed by atoms with Crippen LogP contribution in [0.4, 0.5) is 0 Å². The summed E-state index contributed by atoms with van der Waals surface area (Å²) in [5.74, 6) is 0.907. The topological polar surface area (TPSA) is 35.5 Å². The largest absolute Gasteiger partial charge is 0.425 e. The van der Waals surface area contributed by atoms with Crippen LogP contribution in [0.5, 0.6) is 0 Å². The van der Waals surface area contributed by atoms with E-state index in [0.717, 1.165) is 32.1 Å². The number of allylic oxidation sites excluding steroid dienone is 2. The summed E-state index contributed by atoms with van der Waals surface area (Å²) in [4.78, 5) is 12.5. The van der Waals surface area contributed by atoms with Gasteiger partial charge in [-0.2, -0.15) is 0 Å². The van der Waals surface area contributed by atoms with Gasteiger partial charge in [-0.1, -0.05) is 63.0 Å². The average molecular weight is 385 g/mol. The maximum absolute atomic E-state index is 12.5. The molecule has 0 saturated heterocycles. The summed E-state index contributed by atoms with van der Waals surface area (Å²) >= 11 is 0. The third-order valence-corrected chi connectivity index (χ3v) is 5.15. The molecule has 28 heavy (non-hydrogen) atoms. The van der Waals surface area contributed by atoms with Gasteiger partial charge in [0.1, 0.15) is 11.9 Å². The molecular formula is C25H36O3. The second-order valence-corrected chi connectivity index (χ2v) is 8.18. The summed E-state index contributed by atoms with van der Waals surface area (Å²) in [5, 5.41) is 0. The highest BCUT2D eigenvalue weighted by Crippen LogP contribution is 2.30. The van der Waals surface area contributed by atoms with Crippen molar-refractivity contribution < 1.29 is 14.3 Å². The lowest BCUT2D eigenvalue weighted by atomic mass is 9.97. The van der Waals surface area contributed by atoms with Gasteiger partial charge in [-0.15, -0.1) is 0 Å². The van der Waals surface area contributed by atoms with Gasteiger partial charge in [-0.05, 0) is 63.7 Å². The van der Waals surface area contributed by atoms with Crippen LogP contribution >= 0.6 is 0 Å². The molecular weight excluding hydrogens is 348 g/mol. The minimum absolute atomic E-state index is 0.0557. The zero-order valence-corrected chi connectivity index (χ0v) is 17.9. The van der Waals surface area contributed by atoms with Gasteiger partial charge in [0.25, 0.3) is 0 Å². The van der Waals surface area contributed by atoms with Crippen LogP contribution in [0.25, 0.3) is 0 Å². The van der Waals surface area contributed by atoms with Crippen molar-refractivity contribution in [3.05, 3.63) is 59.4 Å². The normalized spacial score (nSPS) is 19.8. The Morgan fingerprint density at radius 2 is 1.96 bits per heavy atom. The number of carbonyl (C=O) groups excluding carboxylic acids is 1. The quantitative estimate of drug-likeness (QED) is 0.238. The third kappa shape index (κ3) is 7.63. The molecule has 1 aromatic carbocycles. The van der Waals surface area contributed by atoms with Crippen LogP contribution in [0.1, 0.15) is 83.0 Å². The van der Waals surface area contributed by atoms with Crippen molar-refractivity contribution >= 4 is 5.97 Å². The molecule has 1 aromatic rings. The van der Waals surface area contributed by atoms with Crippen LogP contribution in [0.3, 0.4) is 0 Å². The van der Waals surface area contributed by atoms with Gasteiger partial charge >= 0.3 is 5.97 Å². The fourth-order valence-corrected chi connectivity index (χ4v) is 3.51. The van der Waals surface area contributed by atoms with E-state index in [4.69, 9.17) is 9.47 Å². The zero-order chi connectivity index (χ0) is 20.4. The fourth-order valence-electron chi connectivity index (χ4n) is 3.51. The lowest BCUT2D eigenvalue weighted by molar-refractivity contribution is 0.0119. The van der Waals surface area contributed by atoms with Crippen molar-refractivity contribution in [2.75, 3.05) is 0 Å². The van der Waals surface area contributed by atoms with E-state index in [9.17, 15) is 4.79 Å². The lowest BCUT2D eigenvalue weighted by Crippen LogP contribution is -2.20. The molecule has 1 aliphatic heterocycles. The van der Waals surface area contributed by atoms with Gasteiger partial charge in [-0.3, -0.25) is 0 Å². The molecule has 154 valence electrons. The second-order valence-electron chi connectivity index (χ2n) is 8.18. The van der Waals surface area contributed by atoms with Crippen molar-refractivity contribution in [2.24, 2.45) is 5.92 Å². The maximum Gasteiger partial charge on any atom is 0.343 e. The molecule has 3 heteroatoms. The molecule has 0 unspecified atom stereocenters. The zero-order valence-electron chi connectivity index (χ0n) is 17.9. The molecule has 0 N–H and O–H groups in total. The van der Waals surface area contributed by atoms with Gasteiger partial charge in [0.2, 0.25) is 0 Å². The summed E-state index contributed by atoms with van der Waals surface area (Å²) in [6.45, 7) is 8.73. The number of unbranched alkanes of at least 4 members (excludes halogenated alkanes) is 2. The number of rotatable bonds is 11. The van der Waals surface area contributed by atoms with E-state index < -0.39 is 0 Å². The summed E-state index contributed by atoms with van der Waals surface area (Å²) in [6.07, 6.45) is 11.9. The first-order chi connectivity index (χ1) is 13.5. The highest BCUT2D eigenvalue weighted by Gasteiger charge is 2.31. The Balaban J connectivity index is 1.99. The van der Waals surface area contributed by atoms with Crippen molar-refractivity contribution in [3.8, 4) is 0 Å². The molecule has 1 heterocycles. The number of hydrogen-bond acceptors (Lipinski definition) is 3. The van der Waals surface area contributed by atoms with Gasteiger partial charge in [0.15, 0.2) is 0 Å². The Hall–Kier alpha value is -1.87. The first-order valence-electron chi connectivity index (χ1n) is 10.8. The van der Waals surface area contributed by atoms with E-state index in [1.54, 1.807) is 12.1 Å². The van der Waals surface area contributed by atoms with Crippen molar-refractivity contribution in [1.82, 2.24) is 0 Å². The molecule has 3 atom stereocenters. The van der Waals surface area contributed by atoms with Gasteiger partial charge < -0.3 is 9.47 Å². The molecule has 0 spiro atoms. The summed E-state index contributed by atoms with van der Waals surface area (Å²) < 4.78 is 12.0. The molecule has 0 aromatic heterocycles. The molecule has 0 bridgehead atoms. The molecule has 0 saturated carbocycles. The van der Waals surface area contributed by atoms with Crippen molar-refractivity contribution in [3.63, 3.8) is 0 Å². The number of hydrogen-bond donors (Lipinski definition) is 0. The maximum atomic E-state index is 12.5. The van der Waals surface area contributed by atoms with Crippen LogP contribution in [-0.4, -0.2) is 18.2 Å². The Bertz CT molecular complexity index is 656. The molecule has 3 nitrogen and oxygen atoms in total. The Morgan fingerprint density at radius 3 is 2.64 bits per heavy atom. The molecule has 0 radical (unpaired) electrons. The predicted octanol–water partition coefficient (Wildman–Crippen LogP) is 6.85. The van der Waals surface area contributed by atoms with Gasteiger partial charge in [0.05, 0.1) is 11.7 Å². The Kier molecular flexibility index (Phi) is 9.49. The SMILES string of the molecule is CCCCC[C@H]1C=C(OC(=O)c2ccccc2)[C@H](C[C@@H](C)CCC=C(C)C)O1. The smallest absolute Gasteiger partial charge is 0.343 e. The van der Waals surface area contributed by atoms with E-state index in [-0.39, 0.29) is 18.2 Å². The first kappa shape index (κ1) is 22.4. The summed E-state index contributed by atoms with van der Waals surface area (Å²) in [5.41, 5.74) is 1.94. The molecule has 0 fully saturated rings. The second kappa shape index (κ2) is 11.9. The van der Waals surface area contributed by atoms with Gasteiger partial charge in [0, 0.05) is 0 Å². The standard InChI is InChI=1S/C25H36O3/c1-5-6-8-16-22-18-24(28-25(26)21-14-9-7-10-15-21)23(27-22)17-20(4)13-11-12-19(2)3/h7,9-10,12,14-15,18,20,22-23H,5-6,8,11,13,16-17H2,1-4H3/t20-,22-,23-/m0/s1. The summed E-state index contributed by atoms with van der Waals surface area (Å²) in [6, 6.07) is 9.18. The van der Waals surface area contributed by atoms with Crippen LogP contribution in [0, 0.1) is 5.92 Å². The number of benzene rings is 1. The molecule has 0 amide bonds. The highest BCUT2D eigenvalue weighted by atomic mass is 16.6. The molecule has 1 aliphatic rings. The minimum atomic E-state index is -0.299. The number of esters is 1. The van der Waals surface area contributed by atoms with Crippen LogP contribution in [-0.2, 0) is 9.47 Å². The Morgan fingerprint density at radius 1 is 1.21 bits per heavy atom. The van der Waals surface area contributed by atoms with Crippen LogP contribution in [0.2, 0.25) is 0 Å². The Labute approximate surface area is 170 Å². The molecule has 0 aliphatic carbocycles. The van der Waals surface area contributed by atoms with E-state index in [0.29, 0.717) is 17.2 Å². The summed E-state index contributed by atoms with van der Waals surface area (Å²) in [7, 11) is 0. The van der Waals surface area contributed by atoms with E-state index in [2.05, 4.69) is 33.8 Å². The fraction of sp³-hybridized carbons (Fsp3) is 0.560. The third-order valence-electron chi connectivity index (χ3n) is 5.15. The first-order valence-corrected chi connectivity index (χ1v) is 10.8. The van der Waals surface area contributed by atoms with Gasteiger partial charge in [-0.25, -0.2) is 4.79 Å². The predicted molar refractivity (Wildman–Crippen MR) is 115 cm³/mol. The van der Waals surface area contributed by atoms with E-state index in [1.807, 2.05) is 24.3 Å².